The lowest BCUT2D eigenvalue weighted by molar-refractivity contribution is -0.118. The van der Waals surface area contributed by atoms with E-state index in [0.29, 0.717) is 35.6 Å². The van der Waals surface area contributed by atoms with E-state index in [-0.39, 0.29) is 11.8 Å². The number of hydrogen-bond acceptors (Lipinski definition) is 6. The summed E-state index contributed by atoms with van der Waals surface area (Å²) in [5.41, 5.74) is 1.57. The Labute approximate surface area is 176 Å². The summed E-state index contributed by atoms with van der Waals surface area (Å²) in [6, 6.07) is 14.9. The SMILES string of the molecule is CC(=O)[C@@H](CC(C)C)Nc1cc(-n2cccc2)nc(NCc2cccc(C#N)c2)n1. The number of carbonyl (C=O) groups excluding carboxylic acids is 1. The zero-order chi connectivity index (χ0) is 21.5. The number of nitrogens with one attached hydrogen (secondary N) is 2. The molecule has 0 amide bonds. The van der Waals surface area contributed by atoms with Crippen LogP contribution in [0, 0.1) is 17.2 Å². The Hall–Kier alpha value is -3.66. The maximum atomic E-state index is 12.1. The van der Waals surface area contributed by atoms with E-state index in [1.54, 1.807) is 13.0 Å². The van der Waals surface area contributed by atoms with Crippen LogP contribution in [-0.4, -0.2) is 26.4 Å². The summed E-state index contributed by atoms with van der Waals surface area (Å²) in [5, 5.41) is 15.6. The third-order valence-electron chi connectivity index (χ3n) is 4.61. The van der Waals surface area contributed by atoms with Gasteiger partial charge in [0.2, 0.25) is 5.95 Å². The molecule has 0 spiro atoms. The van der Waals surface area contributed by atoms with Crippen molar-refractivity contribution in [1.29, 1.82) is 5.26 Å². The lowest BCUT2D eigenvalue weighted by Crippen LogP contribution is -2.29. The number of Topliss-reactive ketones (excluding diaryl/α,β-unsaturated/α-hetero) is 1. The standard InChI is InChI=1S/C23H26N6O/c1-16(2)11-20(17(3)30)26-21-13-22(29-9-4-5-10-29)28-23(27-21)25-15-19-8-6-7-18(12-19)14-24/h4-10,12-13,16,20H,11,15H2,1-3H3,(H2,25,26,27,28)/t20-/m1/s1. The van der Waals surface area contributed by atoms with Gasteiger partial charge in [-0.1, -0.05) is 26.0 Å². The van der Waals surface area contributed by atoms with Crippen LogP contribution >= 0.6 is 0 Å². The van der Waals surface area contributed by atoms with Gasteiger partial charge in [0.25, 0.3) is 0 Å². The van der Waals surface area contributed by atoms with Crippen LogP contribution in [-0.2, 0) is 11.3 Å². The van der Waals surface area contributed by atoms with Crippen LogP contribution in [0.2, 0.25) is 0 Å². The molecular weight excluding hydrogens is 376 g/mol. The number of carbonyl (C=O) groups is 1. The molecule has 2 aromatic heterocycles. The molecular formula is C23H26N6O. The number of anilines is 2. The van der Waals surface area contributed by atoms with Gasteiger partial charge in [-0.05, 0) is 49.1 Å². The van der Waals surface area contributed by atoms with Crippen molar-refractivity contribution in [1.82, 2.24) is 14.5 Å². The molecule has 0 bridgehead atoms. The number of rotatable bonds is 9. The predicted molar refractivity (Wildman–Crippen MR) is 117 cm³/mol. The first-order valence-corrected chi connectivity index (χ1v) is 9.97. The Morgan fingerprint density at radius 3 is 2.60 bits per heavy atom. The Balaban J connectivity index is 1.86. The van der Waals surface area contributed by atoms with E-state index in [0.717, 1.165) is 12.0 Å². The molecule has 2 N–H and O–H groups in total. The van der Waals surface area contributed by atoms with E-state index >= 15 is 0 Å². The van der Waals surface area contributed by atoms with Gasteiger partial charge < -0.3 is 15.2 Å². The van der Waals surface area contributed by atoms with E-state index in [2.05, 4.69) is 40.5 Å². The third-order valence-corrected chi connectivity index (χ3v) is 4.61. The molecule has 0 saturated carbocycles. The molecule has 0 saturated heterocycles. The lowest BCUT2D eigenvalue weighted by atomic mass is 10.0. The van der Waals surface area contributed by atoms with Gasteiger partial charge in [0.1, 0.15) is 11.6 Å². The largest absolute Gasteiger partial charge is 0.360 e. The fraction of sp³-hybridized carbons (Fsp3) is 0.304. The maximum absolute atomic E-state index is 12.1. The highest BCUT2D eigenvalue weighted by Crippen LogP contribution is 2.18. The average Bonchev–Trinajstić information content (AvgIpc) is 3.26. The second-order valence-corrected chi connectivity index (χ2v) is 7.63. The second kappa shape index (κ2) is 9.70. The summed E-state index contributed by atoms with van der Waals surface area (Å²) in [5.74, 6) is 2.17. The summed E-state index contributed by atoms with van der Waals surface area (Å²) in [6.45, 7) is 6.25. The first-order chi connectivity index (χ1) is 14.4. The normalized spacial score (nSPS) is 11.7. The molecule has 30 heavy (non-hydrogen) atoms. The van der Waals surface area contributed by atoms with Crippen molar-refractivity contribution in [2.45, 2.75) is 39.8 Å². The van der Waals surface area contributed by atoms with Gasteiger partial charge in [-0.3, -0.25) is 4.79 Å². The molecule has 7 nitrogen and oxygen atoms in total. The summed E-state index contributed by atoms with van der Waals surface area (Å²) in [4.78, 5) is 21.3. The molecule has 1 atom stereocenters. The molecule has 7 heteroatoms. The summed E-state index contributed by atoms with van der Waals surface area (Å²) in [7, 11) is 0. The summed E-state index contributed by atoms with van der Waals surface area (Å²) < 4.78 is 1.89. The van der Waals surface area contributed by atoms with E-state index in [1.165, 1.54) is 0 Å². The van der Waals surface area contributed by atoms with Crippen molar-refractivity contribution >= 4 is 17.5 Å². The van der Waals surface area contributed by atoms with E-state index < -0.39 is 0 Å². The van der Waals surface area contributed by atoms with E-state index in [1.807, 2.05) is 53.4 Å². The molecule has 0 aliphatic carbocycles. The third kappa shape index (κ3) is 5.67. The molecule has 1 aromatic carbocycles. The smallest absolute Gasteiger partial charge is 0.226 e. The fourth-order valence-corrected chi connectivity index (χ4v) is 3.12. The molecule has 3 rings (SSSR count). The first-order valence-electron chi connectivity index (χ1n) is 9.97. The summed E-state index contributed by atoms with van der Waals surface area (Å²) >= 11 is 0. The van der Waals surface area contributed by atoms with E-state index in [4.69, 9.17) is 5.26 Å². The number of nitrogens with zero attached hydrogens (tertiary/aromatic N) is 4. The highest BCUT2D eigenvalue weighted by Gasteiger charge is 2.17. The number of hydrogen-bond donors (Lipinski definition) is 2. The zero-order valence-corrected chi connectivity index (χ0v) is 17.5. The molecule has 0 unspecified atom stereocenters. The van der Waals surface area contributed by atoms with Crippen LogP contribution in [0.4, 0.5) is 11.8 Å². The molecule has 154 valence electrons. The summed E-state index contributed by atoms with van der Waals surface area (Å²) in [6.07, 6.45) is 4.54. The minimum absolute atomic E-state index is 0.0765. The van der Waals surface area contributed by atoms with Gasteiger partial charge in [-0.2, -0.15) is 15.2 Å². The zero-order valence-electron chi connectivity index (χ0n) is 17.5. The average molecular weight is 403 g/mol. The monoisotopic (exact) mass is 402 g/mol. The highest BCUT2D eigenvalue weighted by molar-refractivity contribution is 5.84. The Kier molecular flexibility index (Phi) is 6.81. The van der Waals surface area contributed by atoms with Gasteiger partial charge in [0.15, 0.2) is 5.78 Å². The first kappa shape index (κ1) is 21.1. The van der Waals surface area contributed by atoms with Crippen molar-refractivity contribution in [3.05, 3.63) is 66.0 Å². The van der Waals surface area contributed by atoms with Crippen molar-refractivity contribution in [3.63, 3.8) is 0 Å². The van der Waals surface area contributed by atoms with Gasteiger partial charge >= 0.3 is 0 Å². The van der Waals surface area contributed by atoms with Crippen molar-refractivity contribution in [3.8, 4) is 11.9 Å². The van der Waals surface area contributed by atoms with Crippen molar-refractivity contribution < 1.29 is 4.79 Å². The number of ketones is 1. The van der Waals surface area contributed by atoms with Crippen molar-refractivity contribution in [2.24, 2.45) is 5.92 Å². The topological polar surface area (TPSA) is 95.6 Å². The molecule has 2 heterocycles. The predicted octanol–water partition coefficient (Wildman–Crippen LogP) is 4.17. The van der Waals surface area contributed by atoms with Crippen LogP contribution in [0.3, 0.4) is 0 Å². The molecule has 0 aliphatic rings. The molecule has 0 radical (unpaired) electrons. The number of aromatic nitrogens is 3. The second-order valence-electron chi connectivity index (χ2n) is 7.63. The van der Waals surface area contributed by atoms with Crippen LogP contribution < -0.4 is 10.6 Å². The minimum atomic E-state index is -0.308. The Bertz CT molecular complexity index is 1040. The van der Waals surface area contributed by atoms with Gasteiger partial charge in [-0.15, -0.1) is 0 Å². The van der Waals surface area contributed by atoms with Crippen LogP contribution in [0.25, 0.3) is 5.82 Å². The van der Waals surface area contributed by atoms with Gasteiger partial charge in [0, 0.05) is 25.0 Å². The number of benzene rings is 1. The molecule has 0 fully saturated rings. The molecule has 0 aliphatic heterocycles. The van der Waals surface area contributed by atoms with Gasteiger partial charge in [-0.25, -0.2) is 0 Å². The molecule has 3 aromatic rings. The van der Waals surface area contributed by atoms with Gasteiger partial charge in [0.05, 0.1) is 17.7 Å². The Morgan fingerprint density at radius 1 is 1.17 bits per heavy atom. The van der Waals surface area contributed by atoms with Crippen LogP contribution in [0.1, 0.15) is 38.3 Å². The van der Waals surface area contributed by atoms with E-state index in [9.17, 15) is 4.79 Å². The van der Waals surface area contributed by atoms with Crippen molar-refractivity contribution in [2.75, 3.05) is 10.6 Å². The fourth-order valence-electron chi connectivity index (χ4n) is 3.12. The maximum Gasteiger partial charge on any atom is 0.226 e. The van der Waals surface area contributed by atoms with Crippen LogP contribution in [0.15, 0.2) is 54.9 Å². The lowest BCUT2D eigenvalue weighted by Gasteiger charge is -2.19. The Morgan fingerprint density at radius 2 is 1.93 bits per heavy atom. The number of nitriles is 1. The minimum Gasteiger partial charge on any atom is -0.360 e. The quantitative estimate of drug-likeness (QED) is 0.558. The highest BCUT2D eigenvalue weighted by atomic mass is 16.1. The van der Waals surface area contributed by atoms with Crippen LogP contribution in [0.5, 0.6) is 0 Å².